The van der Waals surface area contributed by atoms with Crippen molar-refractivity contribution in [2.75, 3.05) is 0 Å². The molecule has 3 aliphatic carbocycles. The van der Waals surface area contributed by atoms with E-state index in [1.807, 2.05) is 0 Å². The lowest BCUT2D eigenvalue weighted by Gasteiger charge is -2.42. The monoisotopic (exact) mass is 264 g/mol. The number of allylic oxidation sites excluding steroid dienone is 2. The number of carbonyl (C=O) groups excluding carboxylic acids is 2. The molecule has 104 valence electrons. The highest BCUT2D eigenvalue weighted by Gasteiger charge is 2.55. The highest BCUT2D eigenvalue weighted by Crippen LogP contribution is 2.55. The fourth-order valence-corrected chi connectivity index (χ4v) is 4.36. The first-order chi connectivity index (χ1) is 9.06. The Labute approximate surface area is 113 Å². The van der Waals surface area contributed by atoms with Crippen LogP contribution in [-0.2, 0) is 19.1 Å². The van der Waals surface area contributed by atoms with Crippen LogP contribution < -0.4 is 0 Å². The molecule has 0 aliphatic heterocycles. The van der Waals surface area contributed by atoms with Crippen LogP contribution >= 0.6 is 0 Å². The summed E-state index contributed by atoms with van der Waals surface area (Å²) in [6.45, 7) is 2.94. The van der Waals surface area contributed by atoms with Crippen LogP contribution in [0.15, 0.2) is 12.2 Å². The summed E-state index contributed by atoms with van der Waals surface area (Å²) in [6, 6.07) is 0. The Kier molecular flexibility index (Phi) is 3.11. The van der Waals surface area contributed by atoms with Crippen LogP contribution in [0.5, 0.6) is 0 Å². The molecule has 4 heteroatoms. The quantitative estimate of drug-likeness (QED) is 0.566. The predicted molar refractivity (Wildman–Crippen MR) is 68.1 cm³/mol. The van der Waals surface area contributed by atoms with Crippen LogP contribution in [0.2, 0.25) is 0 Å². The largest absolute Gasteiger partial charge is 0.462 e. The Bertz CT molecular complexity index is 390. The van der Waals surface area contributed by atoms with Gasteiger partial charge in [-0.3, -0.25) is 9.59 Å². The number of hydrogen-bond donors (Lipinski definition) is 0. The van der Waals surface area contributed by atoms with Crippen molar-refractivity contribution in [3.63, 3.8) is 0 Å². The van der Waals surface area contributed by atoms with Crippen molar-refractivity contribution < 1.29 is 19.1 Å². The molecule has 0 N–H and O–H groups in total. The molecular formula is C15H20O4. The SMILES string of the molecule is CC(=O)O[C@H]1CC[C@@H](OC(C)=O)[C@@H]2[C@H]1[C@@H]1C=C[C@H]2C1. The van der Waals surface area contributed by atoms with Gasteiger partial charge in [-0.1, -0.05) is 12.2 Å². The van der Waals surface area contributed by atoms with Crippen molar-refractivity contribution in [2.45, 2.75) is 45.3 Å². The maximum absolute atomic E-state index is 11.2. The second-order valence-electron chi connectivity index (χ2n) is 5.98. The number of hydrogen-bond acceptors (Lipinski definition) is 4. The molecule has 3 aliphatic rings. The van der Waals surface area contributed by atoms with E-state index in [-0.39, 0.29) is 24.1 Å². The summed E-state index contributed by atoms with van der Waals surface area (Å²) in [5, 5.41) is 0. The van der Waals surface area contributed by atoms with Gasteiger partial charge in [-0.2, -0.15) is 0 Å². The number of carbonyl (C=O) groups is 2. The first kappa shape index (κ1) is 12.7. The molecule has 0 amide bonds. The Morgan fingerprint density at radius 3 is 1.68 bits per heavy atom. The van der Waals surface area contributed by atoms with Crippen LogP contribution in [-0.4, -0.2) is 24.1 Å². The van der Waals surface area contributed by atoms with Crippen molar-refractivity contribution in [3.05, 3.63) is 12.2 Å². The van der Waals surface area contributed by atoms with E-state index in [2.05, 4.69) is 12.2 Å². The summed E-state index contributed by atoms with van der Waals surface area (Å²) in [4.78, 5) is 22.5. The van der Waals surface area contributed by atoms with E-state index in [1.54, 1.807) is 0 Å². The second kappa shape index (κ2) is 4.66. The zero-order chi connectivity index (χ0) is 13.6. The summed E-state index contributed by atoms with van der Waals surface area (Å²) in [5.74, 6) is 1.22. The Morgan fingerprint density at radius 1 is 0.895 bits per heavy atom. The molecule has 0 heterocycles. The van der Waals surface area contributed by atoms with Gasteiger partial charge >= 0.3 is 11.9 Å². The first-order valence-corrected chi connectivity index (χ1v) is 7.09. The van der Waals surface area contributed by atoms with Gasteiger partial charge < -0.3 is 9.47 Å². The van der Waals surface area contributed by atoms with E-state index in [0.29, 0.717) is 23.7 Å². The highest BCUT2D eigenvalue weighted by molar-refractivity contribution is 5.66. The highest BCUT2D eigenvalue weighted by atomic mass is 16.6. The Hall–Kier alpha value is -1.32. The predicted octanol–water partition coefficient (Wildman–Crippen LogP) is 2.08. The summed E-state index contributed by atoms with van der Waals surface area (Å²) < 4.78 is 11.0. The smallest absolute Gasteiger partial charge is 0.302 e. The lowest BCUT2D eigenvalue weighted by Crippen LogP contribution is -2.46. The molecule has 0 unspecified atom stereocenters. The van der Waals surface area contributed by atoms with Crippen LogP contribution in [0.1, 0.15) is 33.1 Å². The van der Waals surface area contributed by atoms with E-state index >= 15 is 0 Å². The summed E-state index contributed by atoms with van der Waals surface area (Å²) in [6.07, 6.45) is 7.20. The standard InChI is InChI=1S/C15H20O4/c1-8(16)18-12-5-6-13(19-9(2)17)15-11-4-3-10(7-11)14(12)15/h3-4,10-15H,5-7H2,1-2H3/t10-,11+,12+,13-,14+,15-. The topological polar surface area (TPSA) is 52.6 Å². The van der Waals surface area contributed by atoms with Gasteiger partial charge in [-0.05, 0) is 31.1 Å². The molecule has 0 aromatic heterocycles. The minimum atomic E-state index is -0.207. The van der Waals surface area contributed by atoms with Crippen molar-refractivity contribution in [1.29, 1.82) is 0 Å². The van der Waals surface area contributed by atoms with E-state index in [4.69, 9.17) is 9.47 Å². The van der Waals surface area contributed by atoms with E-state index < -0.39 is 0 Å². The molecule has 2 bridgehead atoms. The third-order valence-electron chi connectivity index (χ3n) is 4.81. The molecule has 4 nitrogen and oxygen atoms in total. The van der Waals surface area contributed by atoms with Crippen LogP contribution in [0.25, 0.3) is 0 Å². The van der Waals surface area contributed by atoms with Gasteiger partial charge in [0.2, 0.25) is 0 Å². The molecule has 0 radical (unpaired) electrons. The fourth-order valence-electron chi connectivity index (χ4n) is 4.36. The molecule has 3 rings (SSSR count). The number of rotatable bonds is 2. The number of fused-ring (bicyclic) bond motifs is 5. The minimum absolute atomic E-state index is 0.00532. The molecule has 2 saturated carbocycles. The Morgan fingerprint density at radius 2 is 1.32 bits per heavy atom. The van der Waals surface area contributed by atoms with Gasteiger partial charge in [0, 0.05) is 25.7 Å². The van der Waals surface area contributed by atoms with E-state index in [1.165, 1.54) is 13.8 Å². The molecule has 19 heavy (non-hydrogen) atoms. The maximum atomic E-state index is 11.2. The van der Waals surface area contributed by atoms with Crippen molar-refractivity contribution >= 4 is 11.9 Å². The number of esters is 2. The van der Waals surface area contributed by atoms with Gasteiger partial charge in [-0.15, -0.1) is 0 Å². The van der Waals surface area contributed by atoms with Crippen LogP contribution in [0.3, 0.4) is 0 Å². The van der Waals surface area contributed by atoms with Crippen LogP contribution in [0, 0.1) is 23.7 Å². The van der Waals surface area contributed by atoms with Gasteiger partial charge in [0.15, 0.2) is 0 Å². The van der Waals surface area contributed by atoms with E-state index in [9.17, 15) is 9.59 Å². The number of ether oxygens (including phenoxy) is 2. The Balaban J connectivity index is 1.81. The normalized spacial score (nSPS) is 42.8. The molecule has 0 spiro atoms. The van der Waals surface area contributed by atoms with Gasteiger partial charge in [0.25, 0.3) is 0 Å². The molecule has 0 aromatic carbocycles. The third kappa shape index (κ3) is 2.17. The van der Waals surface area contributed by atoms with Crippen molar-refractivity contribution in [3.8, 4) is 0 Å². The molecular weight excluding hydrogens is 244 g/mol. The fraction of sp³-hybridized carbons (Fsp3) is 0.733. The zero-order valence-corrected chi connectivity index (χ0v) is 11.4. The summed E-state index contributed by atoms with van der Waals surface area (Å²) in [5.41, 5.74) is 0. The van der Waals surface area contributed by atoms with Gasteiger partial charge in [0.1, 0.15) is 12.2 Å². The third-order valence-corrected chi connectivity index (χ3v) is 4.81. The summed E-state index contributed by atoms with van der Waals surface area (Å²) >= 11 is 0. The van der Waals surface area contributed by atoms with Crippen LogP contribution in [0.4, 0.5) is 0 Å². The molecule has 2 fully saturated rings. The molecule has 0 aromatic rings. The van der Waals surface area contributed by atoms with E-state index in [0.717, 1.165) is 19.3 Å². The minimum Gasteiger partial charge on any atom is -0.462 e. The molecule has 6 atom stereocenters. The average Bonchev–Trinajstić information content (AvgIpc) is 2.91. The average molecular weight is 264 g/mol. The maximum Gasteiger partial charge on any atom is 0.302 e. The first-order valence-electron chi connectivity index (χ1n) is 7.09. The second-order valence-corrected chi connectivity index (χ2v) is 5.98. The molecule has 0 saturated heterocycles. The zero-order valence-electron chi connectivity index (χ0n) is 11.4. The van der Waals surface area contributed by atoms with Crippen molar-refractivity contribution in [1.82, 2.24) is 0 Å². The van der Waals surface area contributed by atoms with Gasteiger partial charge in [0.05, 0.1) is 0 Å². The van der Waals surface area contributed by atoms with Crippen molar-refractivity contribution in [2.24, 2.45) is 23.7 Å². The lowest BCUT2D eigenvalue weighted by atomic mass is 9.70. The lowest BCUT2D eigenvalue weighted by molar-refractivity contribution is -0.167. The summed E-state index contributed by atoms with van der Waals surface area (Å²) in [7, 11) is 0. The van der Waals surface area contributed by atoms with Gasteiger partial charge in [-0.25, -0.2) is 0 Å².